The first-order chi connectivity index (χ1) is 16.1. The number of aromatic nitrogens is 4. The van der Waals surface area contributed by atoms with Crippen molar-refractivity contribution >= 4 is 28.4 Å². The molecule has 1 saturated carbocycles. The van der Waals surface area contributed by atoms with Gasteiger partial charge in [-0.15, -0.1) is 10.2 Å². The van der Waals surface area contributed by atoms with Gasteiger partial charge >= 0.3 is 0 Å². The molecule has 3 heterocycles. The summed E-state index contributed by atoms with van der Waals surface area (Å²) in [5, 5.41) is 10.2. The molecule has 1 aliphatic carbocycles. The van der Waals surface area contributed by atoms with Gasteiger partial charge in [-0.2, -0.15) is 0 Å². The number of hydrogen-bond donors (Lipinski definition) is 0. The van der Waals surface area contributed by atoms with E-state index in [1.165, 1.54) is 12.0 Å². The number of aryl methyl sites for hydroxylation is 1. The second-order valence-electron chi connectivity index (χ2n) is 9.44. The summed E-state index contributed by atoms with van der Waals surface area (Å²) in [4.78, 5) is 22.4. The zero-order chi connectivity index (χ0) is 22.5. The van der Waals surface area contributed by atoms with Gasteiger partial charge in [-0.1, -0.05) is 42.3 Å². The van der Waals surface area contributed by atoms with Crippen LogP contribution in [0.1, 0.15) is 31.7 Å². The van der Waals surface area contributed by atoms with Crippen molar-refractivity contribution in [2.45, 2.75) is 39.2 Å². The van der Waals surface area contributed by atoms with E-state index in [4.69, 9.17) is 4.98 Å². The lowest BCUT2D eigenvalue weighted by Crippen LogP contribution is -2.56. The number of nitrogens with zero attached hydrogens (tertiary/aromatic N) is 6. The van der Waals surface area contributed by atoms with Gasteiger partial charge in [-0.25, -0.2) is 9.38 Å². The maximum atomic E-state index is 12.9. The number of piperazine rings is 1. The third-order valence-corrected chi connectivity index (χ3v) is 7.15. The van der Waals surface area contributed by atoms with Crippen molar-refractivity contribution < 1.29 is 4.79 Å². The summed E-state index contributed by atoms with van der Waals surface area (Å²) in [6, 6.07) is 16.6. The molecule has 1 saturated heterocycles. The fourth-order valence-electron chi connectivity index (χ4n) is 5.11. The highest BCUT2D eigenvalue weighted by Crippen LogP contribution is 2.32. The SMILES string of the molecule is Cc1cccc(-c2nnc3c4ccccc4nc(N4CCN(C(=O)C5CCC5)[C@@H](C)C4)n23)c1. The molecule has 168 valence electrons. The summed E-state index contributed by atoms with van der Waals surface area (Å²) >= 11 is 0. The lowest BCUT2D eigenvalue weighted by atomic mass is 9.84. The van der Waals surface area contributed by atoms with Gasteiger partial charge in [0.05, 0.1) is 5.52 Å². The van der Waals surface area contributed by atoms with Gasteiger partial charge in [0, 0.05) is 42.5 Å². The minimum Gasteiger partial charge on any atom is -0.338 e. The molecular formula is C26H28N6O. The zero-order valence-corrected chi connectivity index (χ0v) is 19.1. The third-order valence-electron chi connectivity index (χ3n) is 7.15. The van der Waals surface area contributed by atoms with Crippen LogP contribution in [0.3, 0.4) is 0 Å². The van der Waals surface area contributed by atoms with Crippen molar-refractivity contribution in [2.24, 2.45) is 5.92 Å². The lowest BCUT2D eigenvalue weighted by Gasteiger charge is -2.43. The second kappa shape index (κ2) is 7.83. The van der Waals surface area contributed by atoms with Crippen LogP contribution in [0.2, 0.25) is 0 Å². The average Bonchev–Trinajstić information content (AvgIpc) is 3.23. The normalized spacial score (nSPS) is 19.3. The first-order valence-corrected chi connectivity index (χ1v) is 11.9. The van der Waals surface area contributed by atoms with Crippen molar-refractivity contribution in [1.29, 1.82) is 0 Å². The molecule has 0 N–H and O–H groups in total. The molecule has 7 nitrogen and oxygen atoms in total. The summed E-state index contributed by atoms with van der Waals surface area (Å²) in [5.74, 6) is 2.19. The number of amides is 1. The van der Waals surface area contributed by atoms with E-state index in [2.05, 4.69) is 56.4 Å². The Morgan fingerprint density at radius 3 is 2.64 bits per heavy atom. The monoisotopic (exact) mass is 440 g/mol. The van der Waals surface area contributed by atoms with Crippen LogP contribution in [0, 0.1) is 12.8 Å². The van der Waals surface area contributed by atoms with Crippen LogP contribution in [0.15, 0.2) is 48.5 Å². The topological polar surface area (TPSA) is 66.6 Å². The standard InChI is InChI=1S/C26H28N6O/c1-17-7-5-10-20(15-17)23-28-29-24-21-11-3-4-12-22(21)27-26(32(23)24)30-13-14-31(18(2)16-30)25(33)19-8-6-9-19/h3-5,7,10-12,15,18-19H,6,8-9,13-14,16H2,1-2H3/t18-/m0/s1. The molecule has 1 atom stereocenters. The Morgan fingerprint density at radius 1 is 1.03 bits per heavy atom. The Bertz CT molecular complexity index is 1360. The Balaban J connectivity index is 1.44. The Labute approximate surface area is 193 Å². The molecule has 2 aromatic heterocycles. The summed E-state index contributed by atoms with van der Waals surface area (Å²) in [5.41, 5.74) is 3.92. The van der Waals surface area contributed by atoms with Gasteiger partial charge in [0.1, 0.15) is 0 Å². The van der Waals surface area contributed by atoms with E-state index in [0.717, 1.165) is 59.8 Å². The highest BCUT2D eigenvalue weighted by molar-refractivity contribution is 5.93. The largest absolute Gasteiger partial charge is 0.338 e. The molecule has 33 heavy (non-hydrogen) atoms. The van der Waals surface area contributed by atoms with Crippen molar-refractivity contribution in [2.75, 3.05) is 24.5 Å². The number of anilines is 1. The number of fused-ring (bicyclic) bond motifs is 3. The summed E-state index contributed by atoms with van der Waals surface area (Å²) in [6.07, 6.45) is 3.26. The first kappa shape index (κ1) is 20.1. The van der Waals surface area contributed by atoms with E-state index >= 15 is 0 Å². The zero-order valence-electron chi connectivity index (χ0n) is 19.1. The number of hydrogen-bond acceptors (Lipinski definition) is 5. The van der Waals surface area contributed by atoms with E-state index in [1.54, 1.807) is 0 Å². The van der Waals surface area contributed by atoms with Crippen LogP contribution in [0.5, 0.6) is 0 Å². The van der Waals surface area contributed by atoms with E-state index in [-0.39, 0.29) is 12.0 Å². The lowest BCUT2D eigenvalue weighted by molar-refractivity contribution is -0.140. The van der Waals surface area contributed by atoms with Crippen LogP contribution in [-0.2, 0) is 4.79 Å². The molecule has 6 rings (SSSR count). The molecule has 0 radical (unpaired) electrons. The Morgan fingerprint density at radius 2 is 1.88 bits per heavy atom. The van der Waals surface area contributed by atoms with Crippen molar-refractivity contribution in [1.82, 2.24) is 24.5 Å². The molecule has 1 amide bonds. The Kier molecular flexibility index (Phi) is 4.78. The maximum absolute atomic E-state index is 12.9. The molecule has 1 aliphatic heterocycles. The minimum atomic E-state index is 0.133. The molecule has 0 bridgehead atoms. The van der Waals surface area contributed by atoms with Crippen molar-refractivity contribution in [3.8, 4) is 11.4 Å². The van der Waals surface area contributed by atoms with E-state index in [0.29, 0.717) is 12.5 Å². The predicted molar refractivity (Wildman–Crippen MR) is 129 cm³/mol. The van der Waals surface area contributed by atoms with Gasteiger partial charge in [-0.05, 0) is 44.9 Å². The number of carbonyl (C=O) groups excluding carboxylic acids is 1. The predicted octanol–water partition coefficient (Wildman–Crippen LogP) is 4.09. The van der Waals surface area contributed by atoms with E-state index < -0.39 is 0 Å². The fourth-order valence-corrected chi connectivity index (χ4v) is 5.11. The minimum absolute atomic E-state index is 0.133. The van der Waals surface area contributed by atoms with Gasteiger partial charge in [-0.3, -0.25) is 4.79 Å². The smallest absolute Gasteiger partial charge is 0.226 e. The van der Waals surface area contributed by atoms with Gasteiger partial charge in [0.2, 0.25) is 11.9 Å². The quantitative estimate of drug-likeness (QED) is 0.480. The van der Waals surface area contributed by atoms with Gasteiger partial charge < -0.3 is 9.80 Å². The van der Waals surface area contributed by atoms with E-state index in [1.807, 2.05) is 30.3 Å². The fraction of sp³-hybridized carbons (Fsp3) is 0.385. The molecule has 2 aliphatic rings. The van der Waals surface area contributed by atoms with Crippen LogP contribution in [0.4, 0.5) is 5.95 Å². The summed E-state index contributed by atoms with van der Waals surface area (Å²) in [6.45, 7) is 6.43. The maximum Gasteiger partial charge on any atom is 0.226 e. The van der Waals surface area contributed by atoms with E-state index in [9.17, 15) is 4.79 Å². The summed E-state index contributed by atoms with van der Waals surface area (Å²) in [7, 11) is 0. The molecule has 0 spiro atoms. The average molecular weight is 441 g/mol. The van der Waals surface area contributed by atoms with Crippen molar-refractivity contribution in [3.63, 3.8) is 0 Å². The van der Waals surface area contributed by atoms with Gasteiger partial charge in [0.25, 0.3) is 0 Å². The molecule has 7 heteroatoms. The van der Waals surface area contributed by atoms with Crippen LogP contribution in [0.25, 0.3) is 27.9 Å². The number of carbonyl (C=O) groups is 1. The van der Waals surface area contributed by atoms with Crippen LogP contribution in [-0.4, -0.2) is 56.1 Å². The highest BCUT2D eigenvalue weighted by atomic mass is 16.2. The Hall–Kier alpha value is -3.48. The van der Waals surface area contributed by atoms with Gasteiger partial charge in [0.15, 0.2) is 11.5 Å². The molecule has 4 aromatic rings. The molecular weight excluding hydrogens is 412 g/mol. The second-order valence-corrected chi connectivity index (χ2v) is 9.44. The van der Waals surface area contributed by atoms with Crippen molar-refractivity contribution in [3.05, 3.63) is 54.1 Å². The number of benzene rings is 2. The highest BCUT2D eigenvalue weighted by Gasteiger charge is 2.35. The molecule has 0 unspecified atom stereocenters. The molecule has 2 aromatic carbocycles. The van der Waals surface area contributed by atoms with Crippen LogP contribution >= 0.6 is 0 Å². The summed E-state index contributed by atoms with van der Waals surface area (Å²) < 4.78 is 2.09. The molecule has 2 fully saturated rings. The van der Waals surface area contributed by atoms with Crippen LogP contribution < -0.4 is 4.90 Å². The number of rotatable bonds is 3. The third kappa shape index (κ3) is 3.34. The first-order valence-electron chi connectivity index (χ1n) is 11.9. The number of para-hydroxylation sites is 1.